The Hall–Kier alpha value is -1.76. The molecule has 0 unspecified atom stereocenters. The molecule has 0 saturated heterocycles. The van der Waals surface area contributed by atoms with Gasteiger partial charge in [0.2, 0.25) is 0 Å². The van der Waals surface area contributed by atoms with Gasteiger partial charge in [0.1, 0.15) is 11.2 Å². The van der Waals surface area contributed by atoms with Gasteiger partial charge in [-0.05, 0) is 25.0 Å². The SMILES string of the molecule is C1=CCC=c2oc3c(c2=C1)C=CCC=C3. The van der Waals surface area contributed by atoms with Crippen LogP contribution in [0.25, 0.3) is 24.3 Å². The highest BCUT2D eigenvalue weighted by atomic mass is 16.3. The third-order valence-electron chi connectivity index (χ3n) is 2.71. The second kappa shape index (κ2) is 3.43. The highest BCUT2D eigenvalue weighted by Gasteiger charge is 2.07. The zero-order chi connectivity index (χ0) is 10.1. The van der Waals surface area contributed by atoms with E-state index in [4.69, 9.17) is 4.42 Å². The number of hydrogen-bond donors (Lipinski definition) is 0. The monoisotopic (exact) mass is 196 g/mol. The van der Waals surface area contributed by atoms with E-state index in [0.717, 1.165) is 24.0 Å². The number of rotatable bonds is 0. The summed E-state index contributed by atoms with van der Waals surface area (Å²) in [5.41, 5.74) is 2.21. The molecule has 0 fully saturated rings. The third kappa shape index (κ3) is 1.40. The molecular weight excluding hydrogens is 184 g/mol. The highest BCUT2D eigenvalue weighted by Crippen LogP contribution is 2.12. The van der Waals surface area contributed by atoms with Gasteiger partial charge < -0.3 is 4.42 Å². The van der Waals surface area contributed by atoms with E-state index in [1.54, 1.807) is 0 Å². The fourth-order valence-electron chi connectivity index (χ4n) is 1.97. The molecule has 1 nitrogen and oxygen atoms in total. The van der Waals surface area contributed by atoms with Gasteiger partial charge in [-0.3, -0.25) is 0 Å². The van der Waals surface area contributed by atoms with Crippen molar-refractivity contribution < 1.29 is 4.42 Å². The van der Waals surface area contributed by atoms with Crippen LogP contribution in [0.15, 0.2) is 28.7 Å². The molecule has 1 heteroatoms. The zero-order valence-electron chi connectivity index (χ0n) is 8.44. The normalized spacial score (nSPS) is 17.1. The standard InChI is InChI=1S/C14H12O/c1-3-7-11-12-8-4-2-6-10-14(12)15-13(11)9-5-1/h1,3-4,6-10H,2,5H2. The minimum atomic E-state index is 0.948. The maximum Gasteiger partial charge on any atom is 0.135 e. The molecule has 0 aliphatic heterocycles. The summed E-state index contributed by atoms with van der Waals surface area (Å²) in [6.45, 7) is 0. The predicted molar refractivity (Wildman–Crippen MR) is 63.3 cm³/mol. The molecule has 0 N–H and O–H groups in total. The Labute approximate surface area is 88.4 Å². The van der Waals surface area contributed by atoms with Gasteiger partial charge in [0.15, 0.2) is 0 Å². The maximum absolute atomic E-state index is 5.82. The summed E-state index contributed by atoms with van der Waals surface area (Å²) in [6.07, 6.45) is 18.9. The van der Waals surface area contributed by atoms with E-state index in [-0.39, 0.29) is 0 Å². The fraction of sp³-hybridized carbons (Fsp3) is 0.143. The molecule has 0 atom stereocenters. The van der Waals surface area contributed by atoms with Crippen molar-refractivity contribution in [1.29, 1.82) is 0 Å². The summed E-state index contributed by atoms with van der Waals surface area (Å²) in [7, 11) is 0. The molecule has 3 rings (SSSR count). The van der Waals surface area contributed by atoms with Gasteiger partial charge in [-0.25, -0.2) is 0 Å². The molecule has 74 valence electrons. The van der Waals surface area contributed by atoms with Crippen LogP contribution in [0.3, 0.4) is 0 Å². The van der Waals surface area contributed by atoms with Crippen molar-refractivity contribution >= 4 is 24.3 Å². The smallest absolute Gasteiger partial charge is 0.135 e. The van der Waals surface area contributed by atoms with Crippen molar-refractivity contribution in [3.05, 3.63) is 46.3 Å². The molecule has 1 aromatic heterocycles. The number of hydrogen-bond acceptors (Lipinski definition) is 1. The summed E-state index contributed by atoms with van der Waals surface area (Å²) in [5, 5.41) is 1.21. The van der Waals surface area contributed by atoms with E-state index in [0.29, 0.717) is 0 Å². The summed E-state index contributed by atoms with van der Waals surface area (Å²) < 4.78 is 5.82. The average Bonchev–Trinajstić information content (AvgIpc) is 2.51. The molecule has 0 aromatic carbocycles. The van der Waals surface area contributed by atoms with Crippen LogP contribution in [0.1, 0.15) is 24.2 Å². The molecule has 2 aliphatic rings. The molecule has 0 amide bonds. The van der Waals surface area contributed by atoms with E-state index >= 15 is 0 Å². The summed E-state index contributed by atoms with van der Waals surface area (Å²) in [6, 6.07) is 0. The lowest BCUT2D eigenvalue weighted by molar-refractivity contribution is 0.520. The van der Waals surface area contributed by atoms with Crippen LogP contribution in [0, 0.1) is 0 Å². The minimum absolute atomic E-state index is 0.948. The molecule has 0 radical (unpaired) electrons. The lowest BCUT2D eigenvalue weighted by atomic mass is 10.2. The molecule has 0 spiro atoms. The minimum Gasteiger partial charge on any atom is -0.456 e. The van der Waals surface area contributed by atoms with Crippen LogP contribution < -0.4 is 10.6 Å². The van der Waals surface area contributed by atoms with E-state index in [1.807, 2.05) is 0 Å². The van der Waals surface area contributed by atoms with Gasteiger partial charge in [-0.2, -0.15) is 0 Å². The molecule has 0 saturated carbocycles. The van der Waals surface area contributed by atoms with Crippen molar-refractivity contribution in [2.45, 2.75) is 12.8 Å². The van der Waals surface area contributed by atoms with Gasteiger partial charge in [-0.1, -0.05) is 36.5 Å². The third-order valence-corrected chi connectivity index (χ3v) is 2.71. The van der Waals surface area contributed by atoms with Crippen LogP contribution in [0.2, 0.25) is 0 Å². The van der Waals surface area contributed by atoms with E-state index < -0.39 is 0 Å². The van der Waals surface area contributed by atoms with Crippen molar-refractivity contribution in [3.63, 3.8) is 0 Å². The Balaban J connectivity index is 2.40. The lowest BCUT2D eigenvalue weighted by Gasteiger charge is -1.86. The van der Waals surface area contributed by atoms with Gasteiger partial charge in [0.05, 0.1) is 0 Å². The predicted octanol–water partition coefficient (Wildman–Crippen LogP) is 2.23. The molecule has 15 heavy (non-hydrogen) atoms. The van der Waals surface area contributed by atoms with Crippen molar-refractivity contribution in [2.24, 2.45) is 0 Å². The first-order valence-corrected chi connectivity index (χ1v) is 5.28. The molecule has 1 aromatic rings. The molecule has 1 heterocycles. The van der Waals surface area contributed by atoms with Crippen LogP contribution in [0.5, 0.6) is 0 Å². The lowest BCUT2D eigenvalue weighted by Crippen LogP contribution is -2.20. The quantitative estimate of drug-likeness (QED) is 0.620. The fourth-order valence-corrected chi connectivity index (χ4v) is 1.97. The Bertz CT molecular complexity index is 580. The summed E-state index contributed by atoms with van der Waals surface area (Å²) in [4.78, 5) is 0. The number of furan rings is 1. The van der Waals surface area contributed by atoms with Crippen molar-refractivity contribution in [1.82, 2.24) is 0 Å². The zero-order valence-corrected chi connectivity index (χ0v) is 8.44. The Morgan fingerprint density at radius 3 is 2.93 bits per heavy atom. The molecule has 0 bridgehead atoms. The van der Waals surface area contributed by atoms with Crippen LogP contribution >= 0.6 is 0 Å². The highest BCUT2D eigenvalue weighted by molar-refractivity contribution is 5.66. The van der Waals surface area contributed by atoms with Gasteiger partial charge in [-0.15, -0.1) is 0 Å². The summed E-state index contributed by atoms with van der Waals surface area (Å²) >= 11 is 0. The Kier molecular flexibility index (Phi) is 1.95. The second-order valence-corrected chi connectivity index (χ2v) is 3.73. The average molecular weight is 196 g/mol. The first kappa shape index (κ1) is 8.54. The molecular formula is C14H12O. The van der Waals surface area contributed by atoms with Crippen molar-refractivity contribution in [2.75, 3.05) is 0 Å². The van der Waals surface area contributed by atoms with Crippen LogP contribution in [-0.4, -0.2) is 0 Å². The Morgan fingerprint density at radius 1 is 1.00 bits per heavy atom. The van der Waals surface area contributed by atoms with Crippen molar-refractivity contribution in [3.8, 4) is 0 Å². The maximum atomic E-state index is 5.82. The van der Waals surface area contributed by atoms with E-state index in [2.05, 4.69) is 48.6 Å². The van der Waals surface area contributed by atoms with Crippen LogP contribution in [0.4, 0.5) is 0 Å². The van der Waals surface area contributed by atoms with Gasteiger partial charge in [0, 0.05) is 10.8 Å². The van der Waals surface area contributed by atoms with Crippen LogP contribution in [-0.2, 0) is 0 Å². The second-order valence-electron chi connectivity index (χ2n) is 3.73. The van der Waals surface area contributed by atoms with E-state index in [9.17, 15) is 0 Å². The number of allylic oxidation sites excluding steroid dienone is 4. The molecule has 2 aliphatic carbocycles. The van der Waals surface area contributed by atoms with E-state index in [1.165, 1.54) is 10.8 Å². The first-order valence-electron chi connectivity index (χ1n) is 5.28. The first-order chi connectivity index (χ1) is 7.45. The summed E-state index contributed by atoms with van der Waals surface area (Å²) in [5.74, 6) is 0.983. The van der Waals surface area contributed by atoms with Gasteiger partial charge >= 0.3 is 0 Å². The topological polar surface area (TPSA) is 13.1 Å². The Morgan fingerprint density at radius 2 is 1.93 bits per heavy atom. The largest absolute Gasteiger partial charge is 0.456 e. The van der Waals surface area contributed by atoms with Gasteiger partial charge in [0.25, 0.3) is 0 Å². The number of fused-ring (bicyclic) bond motifs is 3.